The highest BCUT2D eigenvalue weighted by atomic mass is 16.5. The van der Waals surface area contributed by atoms with Crippen LogP contribution in [0.15, 0.2) is 0 Å². The van der Waals surface area contributed by atoms with E-state index in [2.05, 4.69) is 11.8 Å². The van der Waals surface area contributed by atoms with Crippen molar-refractivity contribution in [3.05, 3.63) is 7.11 Å². The number of hydrogen-bond acceptors (Lipinski definition) is 2. The molecular formula is C5H12NO. The first-order valence-corrected chi connectivity index (χ1v) is 2.29. The van der Waals surface area contributed by atoms with E-state index in [-0.39, 0.29) is 0 Å². The Bertz CT molecular complexity index is 37.1. The first kappa shape index (κ1) is 6.92. The zero-order valence-corrected chi connectivity index (χ0v) is 4.98. The van der Waals surface area contributed by atoms with Crippen molar-refractivity contribution in [2.75, 3.05) is 27.2 Å². The number of nitrogens with zero attached hydrogens (tertiary/aromatic N) is 1. The molecule has 0 unspecified atom stereocenters. The van der Waals surface area contributed by atoms with E-state index in [4.69, 9.17) is 0 Å². The summed E-state index contributed by atoms with van der Waals surface area (Å²) in [7, 11) is 7.23. The van der Waals surface area contributed by atoms with Crippen molar-refractivity contribution >= 4 is 0 Å². The van der Waals surface area contributed by atoms with Crippen LogP contribution in [0.3, 0.4) is 0 Å². The fraction of sp³-hybridized carbons (Fsp3) is 0.800. The van der Waals surface area contributed by atoms with Gasteiger partial charge in [0.15, 0.2) is 0 Å². The number of hydrogen-bond donors (Lipinski definition) is 0. The van der Waals surface area contributed by atoms with Gasteiger partial charge in [-0.05, 0) is 14.1 Å². The van der Waals surface area contributed by atoms with E-state index in [0.717, 1.165) is 6.54 Å². The lowest BCUT2D eigenvalue weighted by atomic mass is 10.6. The van der Waals surface area contributed by atoms with Crippen molar-refractivity contribution < 1.29 is 4.74 Å². The average molecular weight is 102 g/mol. The average Bonchev–Trinajstić information content (AvgIpc) is 1.61. The Morgan fingerprint density at radius 3 is 2.29 bits per heavy atom. The molecule has 0 bridgehead atoms. The minimum atomic E-state index is 0.715. The van der Waals surface area contributed by atoms with Crippen molar-refractivity contribution in [1.82, 2.24) is 4.90 Å². The van der Waals surface area contributed by atoms with Gasteiger partial charge in [-0.15, -0.1) is 0 Å². The molecule has 43 valence electrons. The Morgan fingerprint density at radius 2 is 2.14 bits per heavy atom. The van der Waals surface area contributed by atoms with Gasteiger partial charge in [-0.3, -0.25) is 0 Å². The second kappa shape index (κ2) is 4.09. The fourth-order valence-electron chi connectivity index (χ4n) is 0.247. The summed E-state index contributed by atoms with van der Waals surface area (Å²) in [5, 5.41) is 0. The van der Waals surface area contributed by atoms with Gasteiger partial charge in [0.1, 0.15) is 0 Å². The second-order valence-electron chi connectivity index (χ2n) is 1.71. The van der Waals surface area contributed by atoms with Gasteiger partial charge in [0, 0.05) is 6.54 Å². The molecule has 0 aromatic carbocycles. The van der Waals surface area contributed by atoms with Crippen molar-refractivity contribution in [2.45, 2.75) is 0 Å². The zero-order chi connectivity index (χ0) is 5.70. The molecule has 0 aliphatic heterocycles. The molecule has 0 aliphatic rings. The van der Waals surface area contributed by atoms with Gasteiger partial charge in [-0.25, -0.2) is 0 Å². The molecule has 7 heavy (non-hydrogen) atoms. The third kappa shape index (κ3) is 5.92. The van der Waals surface area contributed by atoms with Gasteiger partial charge >= 0.3 is 0 Å². The Hall–Kier alpha value is -0.0800. The van der Waals surface area contributed by atoms with Crippen LogP contribution in [0.25, 0.3) is 0 Å². The van der Waals surface area contributed by atoms with E-state index >= 15 is 0 Å². The standard InChI is InChI=1S/C5H12NO/c1-6(2)4-5-7-3/h3-5H2,1-2H3. The molecule has 0 saturated heterocycles. The van der Waals surface area contributed by atoms with Crippen molar-refractivity contribution in [2.24, 2.45) is 0 Å². The number of rotatable bonds is 3. The highest BCUT2D eigenvalue weighted by Gasteiger charge is 1.83. The maximum absolute atomic E-state index is 4.56. The summed E-state index contributed by atoms with van der Waals surface area (Å²) < 4.78 is 4.56. The van der Waals surface area contributed by atoms with Crippen LogP contribution in [0.1, 0.15) is 0 Å². The molecule has 0 amide bonds. The van der Waals surface area contributed by atoms with Crippen LogP contribution in [0.2, 0.25) is 0 Å². The highest BCUT2D eigenvalue weighted by Crippen LogP contribution is 1.73. The van der Waals surface area contributed by atoms with E-state index in [0.29, 0.717) is 6.61 Å². The van der Waals surface area contributed by atoms with Gasteiger partial charge in [0.2, 0.25) is 0 Å². The van der Waals surface area contributed by atoms with Crippen LogP contribution >= 0.6 is 0 Å². The van der Waals surface area contributed by atoms with E-state index in [9.17, 15) is 0 Å². The monoisotopic (exact) mass is 102 g/mol. The van der Waals surface area contributed by atoms with E-state index < -0.39 is 0 Å². The van der Waals surface area contributed by atoms with Crippen LogP contribution in [0.4, 0.5) is 0 Å². The summed E-state index contributed by atoms with van der Waals surface area (Å²) in [6.07, 6.45) is 0. The predicted octanol–water partition coefficient (Wildman–Crippen LogP) is 0.356. The quantitative estimate of drug-likeness (QED) is 0.510. The van der Waals surface area contributed by atoms with Gasteiger partial charge in [-0.2, -0.15) is 0 Å². The molecular weight excluding hydrogens is 90.1 g/mol. The first-order valence-electron chi connectivity index (χ1n) is 2.29. The Morgan fingerprint density at radius 1 is 1.57 bits per heavy atom. The first-order chi connectivity index (χ1) is 3.27. The maximum atomic E-state index is 4.56. The zero-order valence-electron chi connectivity index (χ0n) is 4.98. The lowest BCUT2D eigenvalue weighted by Gasteiger charge is -2.05. The topological polar surface area (TPSA) is 12.5 Å². The predicted molar refractivity (Wildman–Crippen MR) is 29.9 cm³/mol. The molecule has 0 aromatic rings. The maximum Gasteiger partial charge on any atom is 0.0701 e. The lowest BCUT2D eigenvalue weighted by Crippen LogP contribution is -2.16. The molecule has 0 heterocycles. The van der Waals surface area contributed by atoms with Gasteiger partial charge in [0.05, 0.1) is 13.7 Å². The third-order valence-corrected chi connectivity index (χ3v) is 0.683. The highest BCUT2D eigenvalue weighted by molar-refractivity contribution is 4.37. The molecule has 0 fully saturated rings. The van der Waals surface area contributed by atoms with Crippen molar-refractivity contribution in [1.29, 1.82) is 0 Å². The molecule has 0 rings (SSSR count). The summed E-state index contributed by atoms with van der Waals surface area (Å²) in [5.41, 5.74) is 0. The molecule has 0 spiro atoms. The Kier molecular flexibility index (Phi) is 4.04. The summed E-state index contributed by atoms with van der Waals surface area (Å²) in [5.74, 6) is 0. The van der Waals surface area contributed by atoms with Crippen LogP contribution in [-0.2, 0) is 4.74 Å². The van der Waals surface area contributed by atoms with E-state index in [1.165, 1.54) is 0 Å². The molecule has 1 radical (unpaired) electrons. The summed E-state index contributed by atoms with van der Waals surface area (Å²) in [4.78, 5) is 2.05. The van der Waals surface area contributed by atoms with E-state index in [1.54, 1.807) is 0 Å². The molecule has 0 aliphatic carbocycles. The van der Waals surface area contributed by atoms with Crippen LogP contribution < -0.4 is 0 Å². The largest absolute Gasteiger partial charge is 0.378 e. The molecule has 2 nitrogen and oxygen atoms in total. The Labute approximate surface area is 45.1 Å². The van der Waals surface area contributed by atoms with Gasteiger partial charge < -0.3 is 9.64 Å². The van der Waals surface area contributed by atoms with E-state index in [1.807, 2.05) is 19.0 Å². The normalized spacial score (nSPS) is 10.3. The molecule has 0 N–H and O–H groups in total. The Balaban J connectivity index is 2.68. The molecule has 0 aromatic heterocycles. The lowest BCUT2D eigenvalue weighted by molar-refractivity contribution is 0.206. The summed E-state index contributed by atoms with van der Waals surface area (Å²) in [6, 6.07) is 0. The van der Waals surface area contributed by atoms with Crippen molar-refractivity contribution in [3.63, 3.8) is 0 Å². The fourth-order valence-corrected chi connectivity index (χ4v) is 0.247. The second-order valence-corrected chi connectivity index (χ2v) is 1.71. The smallest absolute Gasteiger partial charge is 0.0701 e. The molecule has 2 heteroatoms. The van der Waals surface area contributed by atoms with Crippen LogP contribution in [0.5, 0.6) is 0 Å². The SMILES string of the molecule is [CH2]OCCN(C)C. The van der Waals surface area contributed by atoms with Gasteiger partial charge in [-0.1, -0.05) is 0 Å². The van der Waals surface area contributed by atoms with Crippen molar-refractivity contribution in [3.8, 4) is 0 Å². The van der Waals surface area contributed by atoms with Gasteiger partial charge in [0.25, 0.3) is 0 Å². The number of ether oxygens (including phenoxy) is 1. The molecule has 0 saturated carbocycles. The molecule has 0 atom stereocenters. The minimum absolute atomic E-state index is 0.715. The van der Waals surface area contributed by atoms with Crippen LogP contribution in [-0.4, -0.2) is 32.1 Å². The third-order valence-electron chi connectivity index (χ3n) is 0.683. The number of likely N-dealkylation sites (N-methyl/N-ethyl adjacent to an activating group) is 1. The summed E-state index contributed by atoms with van der Waals surface area (Å²) in [6.45, 7) is 1.66. The summed E-state index contributed by atoms with van der Waals surface area (Å²) >= 11 is 0. The minimum Gasteiger partial charge on any atom is -0.378 e. The van der Waals surface area contributed by atoms with Crippen LogP contribution in [0, 0.1) is 7.11 Å².